The number of carbonyl (C=O) groups excluding carboxylic acids is 1. The van der Waals surface area contributed by atoms with Gasteiger partial charge in [0.05, 0.1) is 6.04 Å². The van der Waals surface area contributed by atoms with E-state index in [0.29, 0.717) is 0 Å². The van der Waals surface area contributed by atoms with Crippen molar-refractivity contribution in [2.45, 2.75) is 19.4 Å². The van der Waals surface area contributed by atoms with Gasteiger partial charge >= 0.3 is 0 Å². The minimum absolute atomic E-state index is 0.0908. The van der Waals surface area contributed by atoms with E-state index in [1.54, 1.807) is 0 Å². The molecule has 0 spiro atoms. The van der Waals surface area contributed by atoms with E-state index in [1.807, 2.05) is 18.7 Å². The maximum Gasteiger partial charge on any atom is 0.250 e. The van der Waals surface area contributed by atoms with Crippen LogP contribution in [0.5, 0.6) is 0 Å². The number of carbonyl (C=O) groups is 1. The van der Waals surface area contributed by atoms with Gasteiger partial charge in [-0.1, -0.05) is 0 Å². The molecule has 1 atom stereocenters. The fourth-order valence-corrected chi connectivity index (χ4v) is 2.34. The van der Waals surface area contributed by atoms with Crippen LogP contribution in [0.25, 0.3) is 0 Å². The molecule has 1 rings (SSSR count). The molecule has 0 bridgehead atoms. The molecule has 4 nitrogen and oxygen atoms in total. The first kappa shape index (κ1) is 10.8. The second-order valence-electron chi connectivity index (χ2n) is 3.19. The number of nitrogens with one attached hydrogen (secondary N) is 1. The number of nitrogens with two attached hydrogens (primary N) is 1. The molecule has 0 saturated carbocycles. The maximum absolute atomic E-state index is 11.2. The molecule has 1 unspecified atom stereocenters. The van der Waals surface area contributed by atoms with E-state index in [2.05, 4.69) is 10.3 Å². The minimum Gasteiger partial charge on any atom is -0.293 e. The zero-order valence-corrected chi connectivity index (χ0v) is 8.77. The average molecular weight is 203 g/mol. The summed E-state index contributed by atoms with van der Waals surface area (Å²) in [7, 11) is 0. The van der Waals surface area contributed by atoms with E-state index >= 15 is 0 Å². The molecule has 1 fully saturated rings. The van der Waals surface area contributed by atoms with Gasteiger partial charge in [0.1, 0.15) is 0 Å². The fraction of sp³-hybridized carbons (Fsp3) is 0.875. The molecule has 1 amide bonds. The number of amides is 1. The Labute approximate surface area is 83.2 Å². The number of nitrogens with zero attached hydrogens (tertiary/aromatic N) is 1. The predicted molar refractivity (Wildman–Crippen MR) is 55.3 cm³/mol. The Morgan fingerprint density at radius 2 is 2.31 bits per heavy atom. The topological polar surface area (TPSA) is 58.4 Å². The first-order valence-electron chi connectivity index (χ1n) is 4.58. The summed E-state index contributed by atoms with van der Waals surface area (Å²) in [6.07, 6.45) is 1.16. The molecule has 0 aromatic carbocycles. The van der Waals surface area contributed by atoms with Gasteiger partial charge in [-0.25, -0.2) is 5.84 Å². The van der Waals surface area contributed by atoms with E-state index in [1.165, 1.54) is 5.75 Å². The SMILES string of the molecule is CC(C(=O)NN)N1CCCSCC1. The van der Waals surface area contributed by atoms with E-state index in [9.17, 15) is 4.79 Å². The van der Waals surface area contributed by atoms with Crippen molar-refractivity contribution in [1.82, 2.24) is 10.3 Å². The lowest BCUT2D eigenvalue weighted by molar-refractivity contribution is -0.125. The lowest BCUT2D eigenvalue weighted by Gasteiger charge is -2.25. The van der Waals surface area contributed by atoms with E-state index < -0.39 is 0 Å². The Kier molecular flexibility index (Phi) is 4.55. The monoisotopic (exact) mass is 203 g/mol. The molecule has 5 heteroatoms. The van der Waals surface area contributed by atoms with Gasteiger partial charge in [0, 0.05) is 12.3 Å². The molecule has 0 radical (unpaired) electrons. The summed E-state index contributed by atoms with van der Waals surface area (Å²) in [5.74, 6) is 7.31. The summed E-state index contributed by atoms with van der Waals surface area (Å²) in [5, 5.41) is 0. The summed E-state index contributed by atoms with van der Waals surface area (Å²) in [4.78, 5) is 13.4. The lowest BCUT2D eigenvalue weighted by atomic mass is 10.2. The fourth-order valence-electron chi connectivity index (χ4n) is 1.44. The van der Waals surface area contributed by atoms with Gasteiger partial charge in [-0.2, -0.15) is 11.8 Å². The normalized spacial score (nSPS) is 22.0. The summed E-state index contributed by atoms with van der Waals surface area (Å²) >= 11 is 1.95. The van der Waals surface area contributed by atoms with Crippen molar-refractivity contribution in [3.05, 3.63) is 0 Å². The van der Waals surface area contributed by atoms with Crippen molar-refractivity contribution in [3.63, 3.8) is 0 Å². The Morgan fingerprint density at radius 3 is 3.00 bits per heavy atom. The molecule has 1 heterocycles. The van der Waals surface area contributed by atoms with Crippen LogP contribution in [0, 0.1) is 0 Å². The van der Waals surface area contributed by atoms with Gasteiger partial charge in [-0.05, 0) is 25.6 Å². The zero-order chi connectivity index (χ0) is 9.68. The standard InChI is InChI=1S/C8H17N3OS/c1-7(8(12)10-9)11-3-2-5-13-6-4-11/h7H,2-6,9H2,1H3,(H,10,12). The van der Waals surface area contributed by atoms with E-state index in [4.69, 9.17) is 5.84 Å². The van der Waals surface area contributed by atoms with Crippen molar-refractivity contribution < 1.29 is 4.79 Å². The Morgan fingerprint density at radius 1 is 1.54 bits per heavy atom. The van der Waals surface area contributed by atoms with Crippen LogP contribution >= 0.6 is 11.8 Å². The molecule has 1 aliphatic rings. The van der Waals surface area contributed by atoms with Crippen LogP contribution in [0.3, 0.4) is 0 Å². The van der Waals surface area contributed by atoms with Crippen LogP contribution in [0.2, 0.25) is 0 Å². The van der Waals surface area contributed by atoms with Gasteiger partial charge < -0.3 is 0 Å². The average Bonchev–Trinajstić information content (AvgIpc) is 2.43. The van der Waals surface area contributed by atoms with Crippen molar-refractivity contribution in [1.29, 1.82) is 0 Å². The predicted octanol–water partition coefficient (Wildman–Crippen LogP) is -0.196. The van der Waals surface area contributed by atoms with Crippen LogP contribution in [0.1, 0.15) is 13.3 Å². The second kappa shape index (κ2) is 5.47. The molecular weight excluding hydrogens is 186 g/mol. The van der Waals surface area contributed by atoms with Crippen LogP contribution in [0.4, 0.5) is 0 Å². The molecule has 1 saturated heterocycles. The van der Waals surface area contributed by atoms with E-state index in [-0.39, 0.29) is 11.9 Å². The number of thioether (sulfide) groups is 1. The second-order valence-corrected chi connectivity index (χ2v) is 4.41. The molecule has 76 valence electrons. The molecule has 3 N–H and O–H groups in total. The van der Waals surface area contributed by atoms with Crippen LogP contribution < -0.4 is 11.3 Å². The first-order chi connectivity index (χ1) is 6.25. The third kappa shape index (κ3) is 3.17. The highest BCUT2D eigenvalue weighted by Gasteiger charge is 2.20. The Balaban J connectivity index is 2.43. The van der Waals surface area contributed by atoms with Crippen molar-refractivity contribution in [2.24, 2.45) is 5.84 Å². The van der Waals surface area contributed by atoms with E-state index in [0.717, 1.165) is 25.3 Å². The van der Waals surface area contributed by atoms with Crippen LogP contribution in [-0.4, -0.2) is 41.4 Å². The summed E-state index contributed by atoms with van der Waals surface area (Å²) in [5.41, 5.74) is 2.20. The summed E-state index contributed by atoms with van der Waals surface area (Å²) < 4.78 is 0. The molecular formula is C8H17N3OS. The van der Waals surface area contributed by atoms with Gasteiger partial charge in [-0.15, -0.1) is 0 Å². The van der Waals surface area contributed by atoms with Gasteiger partial charge in [0.25, 0.3) is 5.91 Å². The highest BCUT2D eigenvalue weighted by Crippen LogP contribution is 2.12. The van der Waals surface area contributed by atoms with Crippen LogP contribution in [0.15, 0.2) is 0 Å². The molecule has 0 aromatic rings. The van der Waals surface area contributed by atoms with Gasteiger partial charge in [0.15, 0.2) is 0 Å². The number of hydrogen-bond acceptors (Lipinski definition) is 4. The summed E-state index contributed by atoms with van der Waals surface area (Å²) in [6.45, 7) is 3.89. The smallest absolute Gasteiger partial charge is 0.250 e. The lowest BCUT2D eigenvalue weighted by Crippen LogP contribution is -2.48. The van der Waals surface area contributed by atoms with Crippen molar-refractivity contribution >= 4 is 17.7 Å². The molecule has 0 aliphatic carbocycles. The molecule has 13 heavy (non-hydrogen) atoms. The maximum atomic E-state index is 11.2. The van der Waals surface area contributed by atoms with Crippen molar-refractivity contribution in [3.8, 4) is 0 Å². The number of hydrogen-bond donors (Lipinski definition) is 2. The molecule has 1 aliphatic heterocycles. The molecule has 0 aromatic heterocycles. The largest absolute Gasteiger partial charge is 0.293 e. The zero-order valence-electron chi connectivity index (χ0n) is 7.95. The quantitative estimate of drug-likeness (QED) is 0.371. The van der Waals surface area contributed by atoms with Gasteiger partial charge in [-0.3, -0.25) is 15.1 Å². The summed E-state index contributed by atoms with van der Waals surface area (Å²) in [6, 6.07) is -0.0938. The Bertz CT molecular complexity index is 169. The third-order valence-corrected chi connectivity index (χ3v) is 3.37. The number of hydrazine groups is 1. The first-order valence-corrected chi connectivity index (χ1v) is 5.73. The van der Waals surface area contributed by atoms with Gasteiger partial charge in [0.2, 0.25) is 0 Å². The number of rotatable bonds is 2. The highest BCUT2D eigenvalue weighted by atomic mass is 32.2. The third-order valence-electron chi connectivity index (χ3n) is 2.33. The minimum atomic E-state index is -0.0938. The van der Waals surface area contributed by atoms with Crippen molar-refractivity contribution in [2.75, 3.05) is 24.6 Å². The highest BCUT2D eigenvalue weighted by molar-refractivity contribution is 7.99. The van der Waals surface area contributed by atoms with Crippen LogP contribution in [-0.2, 0) is 4.79 Å². The Hall–Kier alpha value is -0.260.